The Labute approximate surface area is 424 Å². The average Bonchev–Trinajstić information content (AvgIpc) is 3.51. The number of Topliss-reactive ketones (excluding diaryl/α,β-unsaturated/α-hetero) is 1. The van der Waals surface area contributed by atoms with Crippen LogP contribution in [0.2, 0.25) is 0 Å². The van der Waals surface area contributed by atoms with E-state index in [1.165, 1.54) is 23.1 Å². The van der Waals surface area contributed by atoms with Crippen molar-refractivity contribution in [3.63, 3.8) is 0 Å². The van der Waals surface area contributed by atoms with Crippen molar-refractivity contribution in [3.8, 4) is 11.5 Å². The number of esters is 1. The van der Waals surface area contributed by atoms with Gasteiger partial charge < -0.3 is 35.1 Å². The van der Waals surface area contributed by atoms with E-state index < -0.39 is 83.3 Å². The zero-order valence-electron chi connectivity index (χ0n) is 42.2. The van der Waals surface area contributed by atoms with Gasteiger partial charge in [0, 0.05) is 50.0 Å². The lowest BCUT2D eigenvalue weighted by atomic mass is 9.84. The maximum absolute atomic E-state index is 14.0. The average molecular weight is 1010 g/mol. The van der Waals surface area contributed by atoms with E-state index >= 15 is 0 Å². The second-order valence-corrected chi connectivity index (χ2v) is 19.2. The molecular formula is C54H66N6O13. The molecule has 3 atom stereocenters. The monoisotopic (exact) mass is 1010 g/mol. The van der Waals surface area contributed by atoms with Crippen LogP contribution >= 0.6 is 0 Å². The number of aryl methyl sites for hydroxylation is 2. The molecule has 0 aliphatic carbocycles. The van der Waals surface area contributed by atoms with E-state index in [0.717, 1.165) is 21.8 Å². The molecule has 3 aromatic carbocycles. The number of anilines is 1. The largest absolute Gasteiger partial charge is 0.496 e. The fourth-order valence-corrected chi connectivity index (χ4v) is 8.95. The number of likely N-dealkylation sites (tertiary alicyclic amines) is 1. The fraction of sp³-hybridized carbons (Fsp3) is 0.481. The van der Waals surface area contributed by atoms with Gasteiger partial charge >= 0.3 is 5.97 Å². The number of methoxy groups -OCH3 is 1. The molecule has 3 aliphatic heterocycles. The number of rotatable bonds is 23. The number of piperidine rings is 1. The number of amides is 8. The Morgan fingerprint density at radius 1 is 0.822 bits per heavy atom. The number of carbonyl (C=O) groups is 10. The predicted molar refractivity (Wildman–Crippen MR) is 266 cm³/mol. The lowest BCUT2D eigenvalue weighted by Gasteiger charge is -2.36. The van der Waals surface area contributed by atoms with Gasteiger partial charge in [-0.05, 0) is 118 Å². The van der Waals surface area contributed by atoms with Crippen LogP contribution in [0.3, 0.4) is 0 Å². The van der Waals surface area contributed by atoms with E-state index in [4.69, 9.17) is 14.2 Å². The van der Waals surface area contributed by atoms with Crippen molar-refractivity contribution in [1.82, 2.24) is 25.8 Å². The molecule has 0 unspecified atom stereocenters. The third kappa shape index (κ3) is 14.2. The van der Waals surface area contributed by atoms with E-state index in [1.54, 1.807) is 45.2 Å². The first kappa shape index (κ1) is 54.9. The Kier molecular flexibility index (Phi) is 19.0. The number of hydrogen-bond acceptors (Lipinski definition) is 13. The third-order valence-electron chi connectivity index (χ3n) is 13.5. The number of unbranched alkanes of at least 4 members (excludes halogenated alkanes) is 1. The number of carbonyl (C=O) groups excluding carboxylic acids is 10. The second kappa shape index (κ2) is 25.3. The van der Waals surface area contributed by atoms with Crippen molar-refractivity contribution in [2.75, 3.05) is 38.7 Å². The maximum atomic E-state index is 14.0. The van der Waals surface area contributed by atoms with E-state index in [2.05, 4.69) is 21.3 Å². The molecule has 73 heavy (non-hydrogen) atoms. The minimum Gasteiger partial charge on any atom is -0.496 e. The second-order valence-electron chi connectivity index (χ2n) is 19.2. The number of ether oxygens (including phenoxy) is 3. The van der Waals surface area contributed by atoms with E-state index in [1.807, 2.05) is 32.0 Å². The van der Waals surface area contributed by atoms with E-state index in [9.17, 15) is 47.9 Å². The lowest BCUT2D eigenvalue weighted by Crippen LogP contribution is -2.53. The van der Waals surface area contributed by atoms with Gasteiger partial charge in [0.25, 0.3) is 23.6 Å². The van der Waals surface area contributed by atoms with Crippen LogP contribution in [0.4, 0.5) is 5.69 Å². The van der Waals surface area contributed by atoms with Crippen molar-refractivity contribution in [2.24, 2.45) is 5.41 Å². The molecule has 3 aliphatic rings. The lowest BCUT2D eigenvalue weighted by molar-refractivity contribution is -0.164. The summed E-state index contributed by atoms with van der Waals surface area (Å²) in [5, 5.41) is 10.5. The van der Waals surface area contributed by atoms with Crippen LogP contribution in [0.1, 0.15) is 141 Å². The van der Waals surface area contributed by atoms with Crippen molar-refractivity contribution < 1.29 is 62.2 Å². The van der Waals surface area contributed by atoms with E-state index in [-0.39, 0.29) is 61.6 Å². The van der Waals surface area contributed by atoms with Gasteiger partial charge in [-0.3, -0.25) is 53.4 Å². The molecule has 19 nitrogen and oxygen atoms in total. The van der Waals surface area contributed by atoms with Gasteiger partial charge in [-0.1, -0.05) is 51.1 Å². The van der Waals surface area contributed by atoms with Gasteiger partial charge in [-0.2, -0.15) is 0 Å². The highest BCUT2D eigenvalue weighted by molar-refractivity contribution is 6.38. The summed E-state index contributed by atoms with van der Waals surface area (Å²) in [5.74, 6) is -4.95. The van der Waals surface area contributed by atoms with Gasteiger partial charge in [-0.25, -0.2) is 4.79 Å². The molecule has 0 bridgehead atoms. The maximum Gasteiger partial charge on any atom is 0.329 e. The van der Waals surface area contributed by atoms with Gasteiger partial charge in [-0.15, -0.1) is 0 Å². The summed E-state index contributed by atoms with van der Waals surface area (Å²) in [6.07, 6.45) is 3.67. The molecule has 6 rings (SSSR count). The molecule has 8 amide bonds. The Morgan fingerprint density at radius 3 is 2.27 bits per heavy atom. The highest BCUT2D eigenvalue weighted by Crippen LogP contribution is 2.34. The number of imide groups is 2. The van der Waals surface area contributed by atoms with Gasteiger partial charge in [0.2, 0.25) is 29.4 Å². The van der Waals surface area contributed by atoms with Crippen LogP contribution < -0.4 is 30.7 Å². The van der Waals surface area contributed by atoms with E-state index in [0.29, 0.717) is 75.6 Å². The number of fused-ring (bicyclic) bond motifs is 1. The van der Waals surface area contributed by atoms with Crippen LogP contribution in [0.5, 0.6) is 11.5 Å². The molecule has 2 fully saturated rings. The summed E-state index contributed by atoms with van der Waals surface area (Å²) in [6.45, 7) is 7.59. The SMILES string of the molecule is CCC(C)(C)C(=O)C(=O)N1CCCC[C@H]1C(=O)O[C@H](CCc1ccc(OC)c(C)c1)c1cccc(NC(=O)CCC(=O)NCCCCNC(=O)COc2cccc3c2C(=O)N([C@H]2CCCC(=O)NC2=O)C3=O)c1. The smallest absolute Gasteiger partial charge is 0.329 e. The molecule has 390 valence electrons. The fourth-order valence-electron chi connectivity index (χ4n) is 8.95. The molecule has 0 radical (unpaired) electrons. The molecule has 2 saturated heterocycles. The highest BCUT2D eigenvalue weighted by atomic mass is 16.5. The first-order chi connectivity index (χ1) is 34.9. The summed E-state index contributed by atoms with van der Waals surface area (Å²) in [4.78, 5) is 132. The minimum atomic E-state index is -1.15. The zero-order valence-corrected chi connectivity index (χ0v) is 42.2. The van der Waals surface area contributed by atoms with Crippen molar-refractivity contribution in [1.29, 1.82) is 0 Å². The predicted octanol–water partition coefficient (Wildman–Crippen LogP) is 5.21. The molecule has 0 spiro atoms. The quantitative estimate of drug-likeness (QED) is 0.0413. The van der Waals surface area contributed by atoms with Crippen LogP contribution in [0, 0.1) is 12.3 Å². The third-order valence-corrected chi connectivity index (χ3v) is 13.5. The summed E-state index contributed by atoms with van der Waals surface area (Å²) in [5.41, 5.74) is 2.07. The summed E-state index contributed by atoms with van der Waals surface area (Å²) in [6, 6.07) is 15.1. The number of nitrogens with one attached hydrogen (secondary N) is 4. The Balaban J connectivity index is 0.949. The summed E-state index contributed by atoms with van der Waals surface area (Å²) < 4.78 is 17.3. The number of ketones is 1. The molecule has 4 N–H and O–H groups in total. The van der Waals surface area contributed by atoms with Crippen LogP contribution in [0.15, 0.2) is 60.7 Å². The number of nitrogens with zero attached hydrogens (tertiary/aromatic N) is 2. The number of benzene rings is 3. The molecule has 0 aromatic heterocycles. The van der Waals surface area contributed by atoms with Crippen LogP contribution in [-0.2, 0) is 49.5 Å². The highest BCUT2D eigenvalue weighted by Gasteiger charge is 2.46. The standard InChI is InChI=1S/C54H66N6O13/c1-6-54(3,4)48(65)52(69)59-29-10-7-17-39(59)53(70)73-41(24-22-34-21-23-40(71-5)33(2)30-34)35-14-11-15-36(31-35)57-45(63)26-25-43(61)55-27-8-9-28-56-46(64)32-72-42-19-12-16-37-47(42)51(68)60(50(37)67)38-18-13-20-44(62)58-49(38)66/h11-12,14-16,19,21,23,30-31,38-39,41H,6-10,13,17-18,20,22,24-29,32H2,1-5H3,(H,55,61)(H,56,64)(H,57,63)(H,58,62,66)/t38-,39-,41+/m0/s1. The zero-order chi connectivity index (χ0) is 52.8. The number of hydrogen-bond donors (Lipinski definition) is 4. The van der Waals surface area contributed by atoms with Crippen LogP contribution in [0.25, 0.3) is 0 Å². The van der Waals surface area contributed by atoms with Gasteiger partial charge in [0.1, 0.15) is 29.7 Å². The van der Waals surface area contributed by atoms with Gasteiger partial charge in [0.15, 0.2) is 6.61 Å². The Bertz CT molecular complexity index is 2610. The molecular weight excluding hydrogens is 941 g/mol. The topological polar surface area (TPSA) is 253 Å². The van der Waals surface area contributed by atoms with Crippen molar-refractivity contribution in [2.45, 2.75) is 129 Å². The van der Waals surface area contributed by atoms with Crippen molar-refractivity contribution in [3.05, 3.63) is 88.5 Å². The normalized spacial score (nSPS) is 17.2. The van der Waals surface area contributed by atoms with Crippen molar-refractivity contribution >= 4 is 64.7 Å². The minimum absolute atomic E-state index is 0.00643. The summed E-state index contributed by atoms with van der Waals surface area (Å²) >= 11 is 0. The summed E-state index contributed by atoms with van der Waals surface area (Å²) in [7, 11) is 1.60. The molecule has 0 saturated carbocycles. The molecule has 19 heteroatoms. The first-order valence-electron chi connectivity index (χ1n) is 25.0. The Morgan fingerprint density at radius 2 is 1.55 bits per heavy atom. The van der Waals surface area contributed by atoms with Crippen LogP contribution in [-0.4, -0.2) is 114 Å². The molecule has 3 aromatic rings. The first-order valence-corrected chi connectivity index (χ1v) is 25.0. The molecule has 3 heterocycles. The Hall–Kier alpha value is -7.44. The van der Waals surface area contributed by atoms with Gasteiger partial charge in [0.05, 0.1) is 18.2 Å².